The number of hydrogen-bond acceptors (Lipinski definition) is 5. The van der Waals surface area contributed by atoms with Crippen molar-refractivity contribution in [1.82, 2.24) is 19.7 Å². The number of nitrogens with zero attached hydrogens (tertiary/aromatic N) is 3. The molecule has 1 aromatic heterocycles. The van der Waals surface area contributed by atoms with Crippen LogP contribution in [0.5, 0.6) is 0 Å². The third-order valence-corrected chi connectivity index (χ3v) is 7.44. The van der Waals surface area contributed by atoms with Crippen LogP contribution in [0.1, 0.15) is 30.4 Å². The van der Waals surface area contributed by atoms with E-state index in [0.29, 0.717) is 57.6 Å². The second-order valence-corrected chi connectivity index (χ2v) is 9.68. The molecule has 8 nitrogen and oxygen atoms in total. The van der Waals surface area contributed by atoms with Gasteiger partial charge in [0.05, 0.1) is 6.54 Å². The number of imide groups is 1. The van der Waals surface area contributed by atoms with Crippen LogP contribution in [0, 0.1) is 0 Å². The number of urea groups is 1. The monoisotopic (exact) mass is 488 g/mol. The molecular weight excluding hydrogens is 456 g/mol. The van der Waals surface area contributed by atoms with Crippen molar-refractivity contribution in [3.63, 3.8) is 0 Å². The molecule has 3 heterocycles. The molecule has 1 spiro atoms. The minimum absolute atomic E-state index is 0.0867. The molecule has 3 amide bonds. The van der Waals surface area contributed by atoms with Gasteiger partial charge >= 0.3 is 6.03 Å². The van der Waals surface area contributed by atoms with Crippen LogP contribution in [0.4, 0.5) is 4.79 Å². The molecule has 0 saturated carbocycles. The van der Waals surface area contributed by atoms with Gasteiger partial charge in [-0.3, -0.25) is 19.4 Å². The summed E-state index contributed by atoms with van der Waals surface area (Å²) in [7, 11) is 1.64. The van der Waals surface area contributed by atoms with Crippen LogP contribution in [-0.4, -0.2) is 70.5 Å². The zero-order valence-corrected chi connectivity index (χ0v) is 20.6. The Morgan fingerprint density at radius 3 is 2.42 bits per heavy atom. The number of aromatic amines is 1. The fourth-order valence-electron chi connectivity index (χ4n) is 5.48. The van der Waals surface area contributed by atoms with Gasteiger partial charge in [0.2, 0.25) is 0 Å². The maximum Gasteiger partial charge on any atom is 0.327 e. The molecule has 188 valence electrons. The first-order valence-electron chi connectivity index (χ1n) is 12.5. The first kappa shape index (κ1) is 24.2. The number of methoxy groups -OCH3 is 1. The number of carbonyl (C=O) groups is 2. The summed E-state index contributed by atoms with van der Waals surface area (Å²) in [6, 6.07) is 19.1. The Hall–Kier alpha value is -3.49. The van der Waals surface area contributed by atoms with Crippen molar-refractivity contribution in [1.29, 1.82) is 0 Å². The number of rotatable bonds is 8. The topological polar surface area (TPSA) is 85.9 Å². The molecule has 0 atom stereocenters. The number of amides is 3. The largest absolute Gasteiger partial charge is 0.385 e. The summed E-state index contributed by atoms with van der Waals surface area (Å²) >= 11 is 0. The molecule has 5 rings (SSSR count). The van der Waals surface area contributed by atoms with E-state index in [0.717, 1.165) is 16.5 Å². The number of fused-ring (bicyclic) bond motifs is 1. The second-order valence-electron chi connectivity index (χ2n) is 9.68. The lowest BCUT2D eigenvalue weighted by atomic mass is 9.85. The average molecular weight is 489 g/mol. The van der Waals surface area contributed by atoms with E-state index >= 15 is 0 Å². The van der Waals surface area contributed by atoms with E-state index in [1.54, 1.807) is 12.0 Å². The van der Waals surface area contributed by atoms with E-state index in [-0.39, 0.29) is 24.0 Å². The van der Waals surface area contributed by atoms with Gasteiger partial charge in [-0.05, 0) is 42.3 Å². The normalized spacial score (nSPS) is 18.0. The summed E-state index contributed by atoms with van der Waals surface area (Å²) in [5.74, 6) is -0.114. The number of pyridine rings is 1. The Morgan fingerprint density at radius 2 is 1.67 bits per heavy atom. The summed E-state index contributed by atoms with van der Waals surface area (Å²) in [4.78, 5) is 48.2. The van der Waals surface area contributed by atoms with Crippen LogP contribution in [0.25, 0.3) is 10.9 Å². The first-order valence-corrected chi connectivity index (χ1v) is 12.5. The van der Waals surface area contributed by atoms with Gasteiger partial charge in [-0.15, -0.1) is 0 Å². The highest BCUT2D eigenvalue weighted by Crippen LogP contribution is 2.38. The summed E-state index contributed by atoms with van der Waals surface area (Å²) in [5, 5.41) is 0.998. The minimum Gasteiger partial charge on any atom is -0.385 e. The molecule has 0 unspecified atom stereocenters. The van der Waals surface area contributed by atoms with Crippen LogP contribution >= 0.6 is 0 Å². The minimum atomic E-state index is -0.841. The van der Waals surface area contributed by atoms with Crippen LogP contribution < -0.4 is 5.56 Å². The van der Waals surface area contributed by atoms with Gasteiger partial charge in [0.15, 0.2) is 0 Å². The predicted octanol–water partition coefficient (Wildman–Crippen LogP) is 3.36. The third-order valence-electron chi connectivity index (χ3n) is 7.44. The summed E-state index contributed by atoms with van der Waals surface area (Å²) in [6.07, 6.45) is 1.76. The number of para-hydroxylation sites is 1. The van der Waals surface area contributed by atoms with Crippen molar-refractivity contribution in [3.05, 3.63) is 82.1 Å². The molecule has 2 saturated heterocycles. The van der Waals surface area contributed by atoms with Gasteiger partial charge in [-0.1, -0.05) is 48.5 Å². The number of carbonyl (C=O) groups excluding carboxylic acids is 2. The number of benzene rings is 2. The van der Waals surface area contributed by atoms with E-state index in [2.05, 4.69) is 9.88 Å². The van der Waals surface area contributed by atoms with E-state index in [1.807, 2.05) is 60.7 Å². The number of likely N-dealkylation sites (tertiary alicyclic amines) is 1. The zero-order valence-electron chi connectivity index (χ0n) is 20.6. The SMILES string of the molecule is COCCCN1C(=O)N(Cc2ccccc2)C(=O)C12CCN(Cc1cc3ccccc3[nH]c1=O)CC2. The van der Waals surface area contributed by atoms with Crippen LogP contribution in [0.3, 0.4) is 0 Å². The molecule has 2 aromatic carbocycles. The van der Waals surface area contributed by atoms with E-state index < -0.39 is 5.54 Å². The van der Waals surface area contributed by atoms with Gasteiger partial charge in [0, 0.05) is 51.0 Å². The number of ether oxygens (including phenoxy) is 1. The van der Waals surface area contributed by atoms with Crippen LogP contribution in [-0.2, 0) is 22.6 Å². The number of hydrogen-bond donors (Lipinski definition) is 1. The fraction of sp³-hybridized carbons (Fsp3) is 0.393. The number of H-pyrrole nitrogens is 1. The quantitative estimate of drug-likeness (QED) is 0.388. The highest BCUT2D eigenvalue weighted by Gasteiger charge is 2.57. The summed E-state index contributed by atoms with van der Waals surface area (Å²) in [5.41, 5.74) is 1.54. The zero-order chi connectivity index (χ0) is 25.1. The molecule has 2 aliphatic rings. The molecule has 0 radical (unpaired) electrons. The number of nitrogens with one attached hydrogen (secondary N) is 1. The fourth-order valence-corrected chi connectivity index (χ4v) is 5.48. The van der Waals surface area contributed by atoms with E-state index in [9.17, 15) is 14.4 Å². The van der Waals surface area contributed by atoms with Crippen molar-refractivity contribution in [3.8, 4) is 0 Å². The van der Waals surface area contributed by atoms with Gasteiger partial charge in [-0.25, -0.2) is 4.79 Å². The molecule has 0 bridgehead atoms. The average Bonchev–Trinajstić information content (AvgIpc) is 3.08. The van der Waals surface area contributed by atoms with Gasteiger partial charge in [-0.2, -0.15) is 0 Å². The van der Waals surface area contributed by atoms with Gasteiger partial charge < -0.3 is 14.6 Å². The lowest BCUT2D eigenvalue weighted by molar-refractivity contribution is -0.136. The first-order chi connectivity index (χ1) is 17.5. The van der Waals surface area contributed by atoms with Crippen molar-refractivity contribution in [2.24, 2.45) is 0 Å². The molecular formula is C28H32N4O4. The Kier molecular flexibility index (Phi) is 6.89. The van der Waals surface area contributed by atoms with Crippen LogP contribution in [0.2, 0.25) is 0 Å². The molecule has 2 aliphatic heterocycles. The Labute approximate surface area is 210 Å². The van der Waals surface area contributed by atoms with E-state index in [4.69, 9.17) is 4.74 Å². The van der Waals surface area contributed by atoms with Crippen molar-refractivity contribution < 1.29 is 14.3 Å². The molecule has 0 aliphatic carbocycles. The summed E-state index contributed by atoms with van der Waals surface area (Å²) in [6.45, 7) is 3.06. The highest BCUT2D eigenvalue weighted by atomic mass is 16.5. The molecule has 2 fully saturated rings. The van der Waals surface area contributed by atoms with Crippen LogP contribution in [0.15, 0.2) is 65.5 Å². The lowest BCUT2D eigenvalue weighted by Gasteiger charge is -2.42. The highest BCUT2D eigenvalue weighted by molar-refractivity contribution is 6.07. The maximum atomic E-state index is 13.8. The molecule has 3 aromatic rings. The smallest absolute Gasteiger partial charge is 0.327 e. The Morgan fingerprint density at radius 1 is 0.944 bits per heavy atom. The molecule has 36 heavy (non-hydrogen) atoms. The second kappa shape index (κ2) is 10.2. The van der Waals surface area contributed by atoms with Crippen molar-refractivity contribution >= 4 is 22.8 Å². The molecule has 8 heteroatoms. The summed E-state index contributed by atoms with van der Waals surface area (Å²) < 4.78 is 5.21. The number of piperidine rings is 1. The Bertz CT molecular complexity index is 1300. The lowest BCUT2D eigenvalue weighted by Crippen LogP contribution is -2.56. The third kappa shape index (κ3) is 4.54. The Balaban J connectivity index is 1.34. The predicted molar refractivity (Wildman–Crippen MR) is 137 cm³/mol. The van der Waals surface area contributed by atoms with E-state index in [1.165, 1.54) is 4.90 Å². The molecule has 1 N–H and O–H groups in total. The maximum absolute atomic E-state index is 13.8. The van der Waals surface area contributed by atoms with Gasteiger partial charge in [0.25, 0.3) is 11.5 Å². The van der Waals surface area contributed by atoms with Crippen molar-refractivity contribution in [2.45, 2.75) is 37.9 Å². The standard InChI is InChI=1S/C28H32N4O4/c1-36-17-7-14-32-27(35)31(19-21-8-3-2-4-9-21)26(34)28(32)12-15-30(16-13-28)20-23-18-22-10-5-6-11-24(22)29-25(23)33/h2-6,8-11,18H,7,12-17,19-20H2,1H3,(H,29,33). The van der Waals surface area contributed by atoms with Crippen molar-refractivity contribution in [2.75, 3.05) is 33.4 Å². The number of aromatic nitrogens is 1. The van der Waals surface area contributed by atoms with Gasteiger partial charge in [0.1, 0.15) is 5.54 Å².